The third-order valence-electron chi connectivity index (χ3n) is 4.52. The lowest BCUT2D eigenvalue weighted by Gasteiger charge is -2.20. The summed E-state index contributed by atoms with van der Waals surface area (Å²) in [5.74, 6) is -0.370. The van der Waals surface area contributed by atoms with Crippen LogP contribution in [-0.2, 0) is 19.4 Å². The molecule has 3 rings (SSSR count). The molecule has 0 bridgehead atoms. The van der Waals surface area contributed by atoms with Gasteiger partial charge in [-0.25, -0.2) is 0 Å². The predicted molar refractivity (Wildman–Crippen MR) is 107 cm³/mol. The highest BCUT2D eigenvalue weighted by molar-refractivity contribution is 6.05. The number of hydrogen-bond acceptors (Lipinski definition) is 3. The first-order valence-electron chi connectivity index (χ1n) is 9.15. The molecule has 0 aliphatic carbocycles. The van der Waals surface area contributed by atoms with Gasteiger partial charge in [0.2, 0.25) is 0 Å². The third kappa shape index (κ3) is 4.14. The van der Waals surface area contributed by atoms with Gasteiger partial charge in [0.25, 0.3) is 5.91 Å². The number of pyridine rings is 2. The van der Waals surface area contributed by atoms with Gasteiger partial charge in [-0.3, -0.25) is 14.6 Å². The Morgan fingerprint density at radius 2 is 1.85 bits per heavy atom. The minimum absolute atomic E-state index is 0.211. The fourth-order valence-electron chi connectivity index (χ4n) is 3.24. The fraction of sp³-hybridized carbons (Fsp3) is 0.227. The molecule has 27 heavy (non-hydrogen) atoms. The summed E-state index contributed by atoms with van der Waals surface area (Å²) in [6.45, 7) is 4.55. The van der Waals surface area contributed by atoms with Crippen LogP contribution in [0.1, 0.15) is 41.2 Å². The van der Waals surface area contributed by atoms with Crippen LogP contribution in [0.3, 0.4) is 0 Å². The van der Waals surface area contributed by atoms with Gasteiger partial charge in [0.1, 0.15) is 5.56 Å². The van der Waals surface area contributed by atoms with Gasteiger partial charge in [0.05, 0.1) is 0 Å². The van der Waals surface area contributed by atoms with Crippen LogP contribution in [-0.4, -0.2) is 15.5 Å². The first-order valence-corrected chi connectivity index (χ1v) is 9.15. The minimum atomic E-state index is -0.370. The number of carbonyl (C=O) groups excluding carboxylic acids is 1. The van der Waals surface area contributed by atoms with Crippen LogP contribution >= 0.6 is 0 Å². The standard InChI is InChI=1S/C22H23N3O2/c1-3-18-13-20(26)21(22(27)24-17-10-6-5-7-11-17)19(4-2)25(18)15-16-9-8-12-23-14-16/h5-14H,3-4,15H2,1-2H3,(H,24,27). The number of aromatic nitrogens is 2. The van der Waals surface area contributed by atoms with E-state index in [1.807, 2.05) is 44.2 Å². The van der Waals surface area contributed by atoms with Crippen molar-refractivity contribution in [2.24, 2.45) is 0 Å². The van der Waals surface area contributed by atoms with Crippen molar-refractivity contribution in [2.45, 2.75) is 33.2 Å². The fourth-order valence-corrected chi connectivity index (χ4v) is 3.24. The number of rotatable bonds is 6. The molecule has 0 aliphatic heterocycles. The van der Waals surface area contributed by atoms with E-state index >= 15 is 0 Å². The van der Waals surface area contributed by atoms with E-state index in [1.54, 1.807) is 30.6 Å². The first-order chi connectivity index (χ1) is 13.1. The average molecular weight is 361 g/mol. The SMILES string of the molecule is CCc1cc(=O)c(C(=O)Nc2ccccc2)c(CC)n1Cc1cccnc1. The second kappa shape index (κ2) is 8.45. The highest BCUT2D eigenvalue weighted by Crippen LogP contribution is 2.16. The molecule has 0 unspecified atom stereocenters. The number of aryl methyl sites for hydroxylation is 1. The van der Waals surface area contributed by atoms with Gasteiger partial charge >= 0.3 is 0 Å². The van der Waals surface area contributed by atoms with Crippen molar-refractivity contribution in [2.75, 3.05) is 5.32 Å². The van der Waals surface area contributed by atoms with Crippen LogP contribution in [0.5, 0.6) is 0 Å². The number of amides is 1. The number of nitrogens with one attached hydrogen (secondary N) is 1. The normalized spacial score (nSPS) is 10.6. The first kappa shape index (κ1) is 18.6. The smallest absolute Gasteiger partial charge is 0.261 e. The molecule has 2 aromatic heterocycles. The number of hydrogen-bond donors (Lipinski definition) is 1. The molecule has 0 atom stereocenters. The van der Waals surface area contributed by atoms with E-state index in [-0.39, 0.29) is 16.9 Å². The van der Waals surface area contributed by atoms with E-state index in [0.717, 1.165) is 17.0 Å². The molecule has 1 amide bonds. The van der Waals surface area contributed by atoms with Crippen LogP contribution in [0, 0.1) is 0 Å². The van der Waals surface area contributed by atoms with Crippen molar-refractivity contribution in [3.05, 3.63) is 93.7 Å². The van der Waals surface area contributed by atoms with Crippen molar-refractivity contribution in [1.29, 1.82) is 0 Å². The van der Waals surface area contributed by atoms with Gasteiger partial charge in [0, 0.05) is 42.1 Å². The molecule has 0 saturated carbocycles. The summed E-state index contributed by atoms with van der Waals surface area (Å²) in [5, 5.41) is 2.84. The van der Waals surface area contributed by atoms with Gasteiger partial charge in [-0.15, -0.1) is 0 Å². The Bertz CT molecular complexity index is 980. The summed E-state index contributed by atoms with van der Waals surface area (Å²) in [7, 11) is 0. The quantitative estimate of drug-likeness (QED) is 0.729. The van der Waals surface area contributed by atoms with Gasteiger partial charge in [-0.1, -0.05) is 38.1 Å². The molecule has 3 aromatic rings. The van der Waals surface area contributed by atoms with Crippen molar-refractivity contribution >= 4 is 11.6 Å². The molecule has 1 aromatic carbocycles. The van der Waals surface area contributed by atoms with Crippen LogP contribution < -0.4 is 10.7 Å². The van der Waals surface area contributed by atoms with E-state index in [4.69, 9.17) is 0 Å². The summed E-state index contributed by atoms with van der Waals surface area (Å²) in [5.41, 5.74) is 3.33. The summed E-state index contributed by atoms with van der Waals surface area (Å²) < 4.78 is 2.07. The maximum Gasteiger partial charge on any atom is 0.261 e. The lowest BCUT2D eigenvalue weighted by atomic mass is 10.1. The zero-order chi connectivity index (χ0) is 19.2. The maximum absolute atomic E-state index is 12.9. The van der Waals surface area contributed by atoms with Crippen molar-refractivity contribution in [3.63, 3.8) is 0 Å². The third-order valence-corrected chi connectivity index (χ3v) is 4.52. The number of para-hydroxylation sites is 1. The van der Waals surface area contributed by atoms with E-state index in [2.05, 4.69) is 14.9 Å². The number of benzene rings is 1. The van der Waals surface area contributed by atoms with E-state index in [1.165, 1.54) is 0 Å². The predicted octanol–water partition coefficient (Wildman–Crippen LogP) is 3.67. The Balaban J connectivity index is 2.07. The molecule has 0 saturated heterocycles. The lowest BCUT2D eigenvalue weighted by Crippen LogP contribution is -2.29. The van der Waals surface area contributed by atoms with Crippen LogP contribution in [0.15, 0.2) is 65.7 Å². The molecule has 2 heterocycles. The number of nitrogens with zero attached hydrogens (tertiary/aromatic N) is 2. The molecular weight excluding hydrogens is 338 g/mol. The zero-order valence-corrected chi connectivity index (χ0v) is 15.6. The van der Waals surface area contributed by atoms with Crippen molar-refractivity contribution < 1.29 is 4.79 Å². The second-order valence-corrected chi connectivity index (χ2v) is 6.30. The minimum Gasteiger partial charge on any atom is -0.343 e. The van der Waals surface area contributed by atoms with E-state index in [9.17, 15) is 9.59 Å². The highest BCUT2D eigenvalue weighted by Gasteiger charge is 2.20. The second-order valence-electron chi connectivity index (χ2n) is 6.30. The highest BCUT2D eigenvalue weighted by atomic mass is 16.2. The van der Waals surface area contributed by atoms with E-state index < -0.39 is 0 Å². The zero-order valence-electron chi connectivity index (χ0n) is 15.6. The molecule has 1 N–H and O–H groups in total. The van der Waals surface area contributed by atoms with Gasteiger partial charge in [-0.2, -0.15) is 0 Å². The van der Waals surface area contributed by atoms with Gasteiger partial charge in [0.15, 0.2) is 5.43 Å². The summed E-state index contributed by atoms with van der Waals surface area (Å²) >= 11 is 0. The molecule has 138 valence electrons. The Kier molecular flexibility index (Phi) is 5.81. The largest absolute Gasteiger partial charge is 0.343 e. The Morgan fingerprint density at radius 1 is 1.07 bits per heavy atom. The van der Waals surface area contributed by atoms with Crippen LogP contribution in [0.25, 0.3) is 0 Å². The molecule has 5 heteroatoms. The lowest BCUT2D eigenvalue weighted by molar-refractivity contribution is 0.102. The average Bonchev–Trinajstić information content (AvgIpc) is 2.70. The van der Waals surface area contributed by atoms with Gasteiger partial charge in [-0.05, 0) is 36.6 Å². The maximum atomic E-state index is 12.9. The summed E-state index contributed by atoms with van der Waals surface area (Å²) in [4.78, 5) is 29.8. The van der Waals surface area contributed by atoms with Crippen LogP contribution in [0.2, 0.25) is 0 Å². The molecule has 0 spiro atoms. The summed E-state index contributed by atoms with van der Waals surface area (Å²) in [6, 6.07) is 14.6. The monoisotopic (exact) mass is 361 g/mol. The Morgan fingerprint density at radius 3 is 2.48 bits per heavy atom. The van der Waals surface area contributed by atoms with Crippen LogP contribution in [0.4, 0.5) is 5.69 Å². The Hall–Kier alpha value is -3.21. The molecular formula is C22H23N3O2. The Labute approximate surface area is 158 Å². The molecule has 5 nitrogen and oxygen atoms in total. The number of carbonyl (C=O) groups is 1. The molecule has 0 fully saturated rings. The van der Waals surface area contributed by atoms with Crippen molar-refractivity contribution in [1.82, 2.24) is 9.55 Å². The van der Waals surface area contributed by atoms with E-state index in [0.29, 0.717) is 25.1 Å². The topological polar surface area (TPSA) is 64.0 Å². The number of anilines is 1. The molecule has 0 radical (unpaired) electrons. The van der Waals surface area contributed by atoms with Gasteiger partial charge < -0.3 is 9.88 Å². The summed E-state index contributed by atoms with van der Waals surface area (Å²) in [6.07, 6.45) is 4.83. The van der Waals surface area contributed by atoms with Crippen molar-refractivity contribution in [3.8, 4) is 0 Å². The molecule has 0 aliphatic rings.